The number of benzene rings is 2. The highest BCUT2D eigenvalue weighted by atomic mass is 79.9. The molecule has 1 aliphatic carbocycles. The Kier molecular flexibility index (Phi) is 4.06. The third-order valence-corrected chi connectivity index (χ3v) is 5.15. The van der Waals surface area contributed by atoms with Gasteiger partial charge in [-0.2, -0.15) is 5.26 Å². The molecule has 0 radical (unpaired) electrons. The van der Waals surface area contributed by atoms with Gasteiger partial charge in [-0.05, 0) is 54.5 Å². The molecule has 0 bridgehead atoms. The monoisotopic (exact) mass is 359 g/mol. The Morgan fingerprint density at radius 2 is 1.95 bits per heavy atom. The average molecular weight is 361 g/mol. The van der Waals surface area contributed by atoms with E-state index < -0.39 is 0 Å². The van der Waals surface area contributed by atoms with Crippen molar-refractivity contribution in [2.75, 3.05) is 0 Å². The first-order valence-corrected chi connectivity index (χ1v) is 8.21. The maximum atomic E-state index is 9.77. The molecule has 0 spiro atoms. The van der Waals surface area contributed by atoms with Gasteiger partial charge >= 0.3 is 0 Å². The van der Waals surface area contributed by atoms with E-state index >= 15 is 0 Å². The molecular weight excluding hydrogens is 346 g/mol. The molecule has 3 heteroatoms. The maximum absolute atomic E-state index is 9.77. The highest BCUT2D eigenvalue weighted by Crippen LogP contribution is 2.39. The van der Waals surface area contributed by atoms with E-state index in [1.807, 2.05) is 18.2 Å². The number of rotatable bonds is 2. The van der Waals surface area contributed by atoms with Crippen LogP contribution in [-0.4, -0.2) is 0 Å². The number of hydrogen-bond acceptors (Lipinski definition) is 1. The lowest BCUT2D eigenvalue weighted by Gasteiger charge is -2.32. The molecule has 0 aromatic heterocycles. The number of halogens is 2. The predicted molar refractivity (Wildman–Crippen MR) is 89.4 cm³/mol. The van der Waals surface area contributed by atoms with Crippen molar-refractivity contribution in [3.63, 3.8) is 0 Å². The summed E-state index contributed by atoms with van der Waals surface area (Å²) in [6, 6.07) is 16.9. The van der Waals surface area contributed by atoms with Crippen molar-refractivity contribution < 1.29 is 0 Å². The molecule has 1 aliphatic rings. The quantitative estimate of drug-likeness (QED) is 0.708. The van der Waals surface area contributed by atoms with Gasteiger partial charge in [-0.25, -0.2) is 0 Å². The summed E-state index contributed by atoms with van der Waals surface area (Å²) in [5.41, 5.74) is 3.40. The van der Waals surface area contributed by atoms with Gasteiger partial charge in [-0.15, -0.1) is 0 Å². The first-order valence-electron chi connectivity index (χ1n) is 7.04. The Hall–Kier alpha value is -1.30. The molecule has 3 rings (SSSR count). The SMILES string of the molecule is N#CC1(Cc2ccc(Br)cc2Cl)CCc2ccccc2C1. The Balaban J connectivity index is 1.91. The summed E-state index contributed by atoms with van der Waals surface area (Å²) in [4.78, 5) is 0. The van der Waals surface area contributed by atoms with Crippen molar-refractivity contribution in [2.24, 2.45) is 5.41 Å². The van der Waals surface area contributed by atoms with Gasteiger partial charge in [-0.3, -0.25) is 0 Å². The fraction of sp³-hybridized carbons (Fsp3) is 0.278. The number of fused-ring (bicyclic) bond motifs is 1. The van der Waals surface area contributed by atoms with Crippen LogP contribution in [0.1, 0.15) is 23.1 Å². The number of aryl methyl sites for hydroxylation is 1. The Bertz CT molecular complexity index is 719. The molecule has 0 fully saturated rings. The maximum Gasteiger partial charge on any atom is 0.0696 e. The van der Waals surface area contributed by atoms with Crippen LogP contribution in [-0.2, 0) is 19.3 Å². The van der Waals surface area contributed by atoms with E-state index in [2.05, 4.69) is 46.3 Å². The normalized spacial score (nSPS) is 20.6. The van der Waals surface area contributed by atoms with E-state index in [1.165, 1.54) is 11.1 Å². The van der Waals surface area contributed by atoms with Crippen LogP contribution in [0.25, 0.3) is 0 Å². The molecule has 106 valence electrons. The topological polar surface area (TPSA) is 23.8 Å². The Morgan fingerprint density at radius 1 is 1.19 bits per heavy atom. The fourth-order valence-corrected chi connectivity index (χ4v) is 3.86. The van der Waals surface area contributed by atoms with Gasteiger partial charge in [0.05, 0.1) is 11.5 Å². The lowest BCUT2D eigenvalue weighted by molar-refractivity contribution is 0.339. The van der Waals surface area contributed by atoms with Crippen LogP contribution in [0, 0.1) is 16.7 Å². The van der Waals surface area contributed by atoms with E-state index in [4.69, 9.17) is 11.6 Å². The molecule has 0 saturated heterocycles. The number of hydrogen-bond donors (Lipinski definition) is 0. The summed E-state index contributed by atoms with van der Waals surface area (Å²) in [7, 11) is 0. The summed E-state index contributed by atoms with van der Waals surface area (Å²) in [6.07, 6.45) is 3.39. The third kappa shape index (κ3) is 3.00. The Morgan fingerprint density at radius 3 is 2.67 bits per heavy atom. The second-order valence-corrected chi connectivity index (χ2v) is 7.07. The molecule has 2 aromatic rings. The minimum absolute atomic E-state index is 0.341. The summed E-state index contributed by atoms with van der Waals surface area (Å²) in [6.45, 7) is 0. The molecule has 0 aliphatic heterocycles. The van der Waals surface area contributed by atoms with Gasteiger partial charge < -0.3 is 0 Å². The van der Waals surface area contributed by atoms with Gasteiger partial charge in [-0.1, -0.05) is 57.9 Å². The molecule has 2 aromatic carbocycles. The van der Waals surface area contributed by atoms with Crippen molar-refractivity contribution >= 4 is 27.5 Å². The highest BCUT2D eigenvalue weighted by Gasteiger charge is 2.35. The highest BCUT2D eigenvalue weighted by molar-refractivity contribution is 9.10. The molecule has 0 N–H and O–H groups in total. The van der Waals surface area contributed by atoms with Crippen LogP contribution < -0.4 is 0 Å². The van der Waals surface area contributed by atoms with Crippen LogP contribution in [0.15, 0.2) is 46.9 Å². The average Bonchev–Trinajstić information content (AvgIpc) is 2.50. The largest absolute Gasteiger partial charge is 0.198 e. The summed E-state index contributed by atoms with van der Waals surface area (Å²) in [5, 5.41) is 10.5. The number of nitriles is 1. The second-order valence-electron chi connectivity index (χ2n) is 5.75. The van der Waals surface area contributed by atoms with E-state index in [9.17, 15) is 5.26 Å². The molecular formula is C18H15BrClN. The van der Waals surface area contributed by atoms with Crippen molar-refractivity contribution in [2.45, 2.75) is 25.7 Å². The fourth-order valence-electron chi connectivity index (χ4n) is 3.12. The lowest BCUT2D eigenvalue weighted by atomic mass is 9.69. The zero-order valence-electron chi connectivity index (χ0n) is 11.6. The summed E-state index contributed by atoms with van der Waals surface area (Å²) >= 11 is 9.75. The molecule has 1 atom stereocenters. The molecule has 1 nitrogen and oxygen atoms in total. The van der Waals surface area contributed by atoms with Crippen molar-refractivity contribution in [1.82, 2.24) is 0 Å². The van der Waals surface area contributed by atoms with E-state index in [1.54, 1.807) is 0 Å². The minimum atomic E-state index is -0.341. The molecule has 21 heavy (non-hydrogen) atoms. The van der Waals surface area contributed by atoms with Gasteiger partial charge in [0.25, 0.3) is 0 Å². The van der Waals surface area contributed by atoms with Crippen LogP contribution in [0.5, 0.6) is 0 Å². The molecule has 0 saturated carbocycles. The summed E-state index contributed by atoms with van der Waals surface area (Å²) in [5.74, 6) is 0. The zero-order chi connectivity index (χ0) is 14.9. The first-order chi connectivity index (χ1) is 10.1. The minimum Gasteiger partial charge on any atom is -0.198 e. The second kappa shape index (κ2) is 5.83. The predicted octanol–water partition coefficient (Wildman–Crippen LogP) is 5.34. The van der Waals surface area contributed by atoms with Crippen LogP contribution in [0.4, 0.5) is 0 Å². The van der Waals surface area contributed by atoms with Crippen molar-refractivity contribution in [3.05, 3.63) is 68.7 Å². The van der Waals surface area contributed by atoms with Gasteiger partial charge in [0.15, 0.2) is 0 Å². The smallest absolute Gasteiger partial charge is 0.0696 e. The molecule has 0 amide bonds. The Labute approximate surface area is 138 Å². The lowest BCUT2D eigenvalue weighted by Crippen LogP contribution is -2.29. The number of nitrogens with zero attached hydrogens (tertiary/aromatic N) is 1. The molecule has 0 heterocycles. The third-order valence-electron chi connectivity index (χ3n) is 4.30. The van der Waals surface area contributed by atoms with E-state index in [-0.39, 0.29) is 5.41 Å². The van der Waals surface area contributed by atoms with Gasteiger partial charge in [0.1, 0.15) is 0 Å². The zero-order valence-corrected chi connectivity index (χ0v) is 13.9. The van der Waals surface area contributed by atoms with Crippen LogP contribution in [0.3, 0.4) is 0 Å². The van der Waals surface area contributed by atoms with E-state index in [0.29, 0.717) is 6.42 Å². The molecule has 1 unspecified atom stereocenters. The van der Waals surface area contributed by atoms with Gasteiger partial charge in [0.2, 0.25) is 0 Å². The van der Waals surface area contributed by atoms with Crippen molar-refractivity contribution in [3.8, 4) is 6.07 Å². The standard InChI is InChI=1S/C18H15BrClN/c19-16-6-5-15(17(20)9-16)11-18(12-21)8-7-13-3-1-2-4-14(13)10-18/h1-6,9H,7-8,10-11H2. The first kappa shape index (κ1) is 14.6. The van der Waals surface area contributed by atoms with Crippen molar-refractivity contribution in [1.29, 1.82) is 5.26 Å². The van der Waals surface area contributed by atoms with Crippen LogP contribution >= 0.6 is 27.5 Å². The summed E-state index contributed by atoms with van der Waals surface area (Å²) < 4.78 is 0.969. The van der Waals surface area contributed by atoms with E-state index in [0.717, 1.165) is 34.3 Å². The van der Waals surface area contributed by atoms with Crippen LogP contribution in [0.2, 0.25) is 5.02 Å². The van der Waals surface area contributed by atoms with Gasteiger partial charge in [0, 0.05) is 9.50 Å².